The molecule has 76 heavy (non-hydrogen) atoms. The van der Waals surface area contributed by atoms with Crippen molar-refractivity contribution in [2.24, 2.45) is 10.8 Å². The van der Waals surface area contributed by atoms with Crippen molar-refractivity contribution in [3.05, 3.63) is 101 Å². The summed E-state index contributed by atoms with van der Waals surface area (Å²) in [5.41, 5.74) is 3.90. The lowest BCUT2D eigenvalue weighted by molar-refractivity contribution is -0.144. The number of unbranched alkanes of at least 4 members (excludes halogenated alkanes) is 2. The van der Waals surface area contributed by atoms with Crippen molar-refractivity contribution in [2.45, 2.75) is 125 Å². The zero-order chi connectivity index (χ0) is 55.3. The molecule has 5 heterocycles. The molecule has 2 aromatic carbocycles. The molecule has 0 bridgehead atoms. The summed E-state index contributed by atoms with van der Waals surface area (Å²) in [6, 6.07) is 17.9. The number of pyridine rings is 1. The number of hydrogen-bond acceptors (Lipinski definition) is 15. The molecule has 0 saturated carbocycles. The molecule has 7 rings (SSSR count). The molecular weight excluding hydrogens is 1000 g/mol. The van der Waals surface area contributed by atoms with Crippen molar-refractivity contribution in [1.29, 1.82) is 0 Å². The fraction of sp³-hybridized carbons (Fsp3) is 0.436. The van der Waals surface area contributed by atoms with Gasteiger partial charge in [-0.25, -0.2) is 23.1 Å². The first-order valence-electron chi connectivity index (χ1n) is 25.2. The maximum absolute atomic E-state index is 14.2. The van der Waals surface area contributed by atoms with E-state index in [4.69, 9.17) is 11.4 Å². The summed E-state index contributed by atoms with van der Waals surface area (Å²) in [5.74, 6) is 1.10. The van der Waals surface area contributed by atoms with Crippen molar-refractivity contribution in [1.82, 2.24) is 50.2 Å². The lowest BCUT2D eigenvalue weighted by Gasteiger charge is -2.35. The topological polar surface area (TPSA) is 247 Å². The number of thiazole rings is 1. The quantitative estimate of drug-likeness (QED) is 0.0390. The third-order valence-electron chi connectivity index (χ3n) is 13.1. The Morgan fingerprint density at radius 2 is 1.64 bits per heavy atom. The van der Waals surface area contributed by atoms with Crippen LogP contribution in [0.1, 0.15) is 119 Å². The molecule has 4 aromatic heterocycles. The lowest BCUT2D eigenvalue weighted by atomic mass is 9.85. The second kappa shape index (κ2) is 23.3. The van der Waals surface area contributed by atoms with E-state index >= 15 is 0 Å². The van der Waals surface area contributed by atoms with Gasteiger partial charge in [0.1, 0.15) is 23.6 Å². The number of anilines is 4. The van der Waals surface area contributed by atoms with Crippen LogP contribution < -0.4 is 25.6 Å². The van der Waals surface area contributed by atoms with Crippen LogP contribution in [0.15, 0.2) is 72.9 Å². The maximum Gasteiger partial charge on any atom is 0.284 e. The van der Waals surface area contributed by atoms with E-state index in [-0.39, 0.29) is 43.3 Å². The predicted octanol–water partition coefficient (Wildman–Crippen LogP) is 7.49. The van der Waals surface area contributed by atoms with Crippen molar-refractivity contribution in [3.8, 4) is 23.5 Å². The second-order valence-electron chi connectivity index (χ2n) is 21.7. The van der Waals surface area contributed by atoms with E-state index < -0.39 is 69.0 Å². The van der Waals surface area contributed by atoms with Crippen LogP contribution in [0.3, 0.4) is 0 Å². The summed E-state index contributed by atoms with van der Waals surface area (Å²) in [6.07, 6.45) is 6.93. The largest absolute Gasteiger partial charge is 0.391 e. The Hall–Kier alpha value is -7.28. The van der Waals surface area contributed by atoms with Crippen molar-refractivity contribution in [2.75, 3.05) is 29.6 Å². The molecule has 5 N–H and O–H groups in total. The number of aromatic nitrogens is 6. The summed E-state index contributed by atoms with van der Waals surface area (Å²) in [4.78, 5) is 67.7. The number of rotatable bonds is 19. The van der Waals surface area contributed by atoms with Crippen LogP contribution in [0, 0.1) is 37.0 Å². The van der Waals surface area contributed by atoms with Gasteiger partial charge in [-0.05, 0) is 98.0 Å². The molecule has 1 fully saturated rings. The molecule has 0 unspecified atom stereocenters. The molecule has 4 atom stereocenters. The van der Waals surface area contributed by atoms with E-state index in [1.165, 1.54) is 16.2 Å². The number of carbonyl (C=O) groups is 4. The Bertz CT molecular complexity index is 3230. The number of aliphatic hydroxyl groups excluding tert-OH is 1. The van der Waals surface area contributed by atoms with Crippen LogP contribution >= 0.6 is 11.3 Å². The Balaban J connectivity index is 0.982. The number of para-hydroxylation sites is 1. The highest BCUT2D eigenvalue weighted by Gasteiger charge is 2.44. The minimum absolute atomic E-state index is 0.0169. The number of aliphatic hydroxyl groups is 1. The highest BCUT2D eigenvalue weighted by Crippen LogP contribution is 2.33. The van der Waals surface area contributed by atoms with E-state index in [9.17, 15) is 32.7 Å². The Labute approximate surface area is 448 Å². The molecule has 0 aliphatic carbocycles. The van der Waals surface area contributed by atoms with E-state index in [2.05, 4.69) is 67.6 Å². The van der Waals surface area contributed by atoms with Gasteiger partial charge in [-0.2, -0.15) is 5.10 Å². The van der Waals surface area contributed by atoms with Gasteiger partial charge in [0.15, 0.2) is 16.8 Å². The minimum atomic E-state index is -4.21. The van der Waals surface area contributed by atoms with Gasteiger partial charge in [-0.1, -0.05) is 89.5 Å². The highest BCUT2D eigenvalue weighted by atomic mass is 32.2. The van der Waals surface area contributed by atoms with Gasteiger partial charge in [-0.3, -0.25) is 23.9 Å². The summed E-state index contributed by atoms with van der Waals surface area (Å²) < 4.78 is 32.3. The minimum Gasteiger partial charge on any atom is -0.391 e. The molecule has 1 saturated heterocycles. The molecule has 402 valence electrons. The number of nitrogens with one attached hydrogen (secondary N) is 4. The maximum atomic E-state index is 14.2. The number of carbonyl (C=O) groups excluding carboxylic acids is 4. The standard InChI is InChI=1S/C55H68N12O7S2/c1-12-36-21-23-37(24-22-36)34(3)57-50(70)42-29-38(68)31-66(42)52(72)48(55(8,9)10)60-46(69)20-14-13-17-27-76(73,74)64-51(71)47-39(40-30-56-67(35(40)4)32-54(5,6)7)25-26-44(59-47)65(11)45-28-33(2)49(63-62-45)61-53-58-41-18-15-16-19-43(41)75-53/h1,15-16,18-19,21-26,28,30,34,38,42,48,68H,13-14,17,20,27,29,31-32H2,2-11H3,(H,57,70)(H,60,69)(H,64,71)(H,58,61,63)/t34-,38+,42-,48+/m0/s1. The fourth-order valence-corrected chi connectivity index (χ4v) is 10.8. The number of aryl methyl sites for hydroxylation is 1. The smallest absolute Gasteiger partial charge is 0.284 e. The molecule has 6 aromatic rings. The Kier molecular flexibility index (Phi) is 17.3. The molecule has 0 spiro atoms. The van der Waals surface area contributed by atoms with Gasteiger partial charge < -0.3 is 30.9 Å². The average Bonchev–Trinajstić information content (AvgIpc) is 4.08. The van der Waals surface area contributed by atoms with Gasteiger partial charge >= 0.3 is 0 Å². The zero-order valence-electron chi connectivity index (χ0n) is 44.8. The average molecular weight is 1070 g/mol. The van der Waals surface area contributed by atoms with Gasteiger partial charge in [0.05, 0.1) is 34.3 Å². The molecule has 21 heteroatoms. The first-order chi connectivity index (χ1) is 35.8. The van der Waals surface area contributed by atoms with E-state index in [1.807, 2.05) is 67.9 Å². The summed E-state index contributed by atoms with van der Waals surface area (Å²) in [5, 5.41) is 33.8. The number of hydrogen-bond donors (Lipinski definition) is 5. The summed E-state index contributed by atoms with van der Waals surface area (Å²) in [7, 11) is -2.49. The zero-order valence-corrected chi connectivity index (χ0v) is 46.4. The van der Waals surface area contributed by atoms with Gasteiger partial charge in [0.25, 0.3) is 5.91 Å². The van der Waals surface area contributed by atoms with Crippen molar-refractivity contribution >= 4 is 77.8 Å². The number of benzene rings is 2. The predicted molar refractivity (Wildman–Crippen MR) is 296 cm³/mol. The highest BCUT2D eigenvalue weighted by molar-refractivity contribution is 7.90. The molecular formula is C55H68N12O7S2. The number of fused-ring (bicyclic) bond motifs is 1. The van der Waals surface area contributed by atoms with Gasteiger partial charge in [-0.15, -0.1) is 16.6 Å². The number of β-amino-alcohol motifs (C(OH)–C–C–N with tert-alkyl or cyclic N) is 1. The second-order valence-corrected chi connectivity index (χ2v) is 24.5. The third kappa shape index (κ3) is 14.0. The van der Waals surface area contributed by atoms with Crippen LogP contribution in [-0.4, -0.2) is 110 Å². The van der Waals surface area contributed by atoms with Gasteiger partial charge in [0, 0.05) is 55.4 Å². The number of amides is 4. The SMILES string of the molecule is C#Cc1ccc([C@H](C)NC(=O)[C@@H]2C[C@@H](O)CN2C(=O)[C@@H](NC(=O)CCCCCS(=O)(=O)NC(=O)c2nc(N(C)c3cc(C)c(Nc4nc5ccccc5s4)nn3)ccc2-c2cnn(CC(C)(C)C)c2C)C(C)(C)C)cc1. The van der Waals surface area contributed by atoms with Crippen LogP contribution in [0.25, 0.3) is 21.3 Å². The van der Waals surface area contributed by atoms with Gasteiger partial charge in [0.2, 0.25) is 27.7 Å². The van der Waals surface area contributed by atoms with E-state index in [1.54, 1.807) is 63.2 Å². The van der Waals surface area contributed by atoms with E-state index in [0.29, 0.717) is 52.2 Å². The number of sulfonamides is 1. The first kappa shape index (κ1) is 56.4. The lowest BCUT2D eigenvalue weighted by Crippen LogP contribution is -2.57. The molecule has 19 nitrogen and oxygen atoms in total. The Morgan fingerprint density at radius 1 is 0.921 bits per heavy atom. The summed E-state index contributed by atoms with van der Waals surface area (Å²) in [6.45, 7) is 17.8. The van der Waals surface area contributed by atoms with Crippen molar-refractivity contribution in [3.63, 3.8) is 0 Å². The number of nitrogens with zero attached hydrogens (tertiary/aromatic N) is 8. The van der Waals surface area contributed by atoms with Crippen molar-refractivity contribution < 1.29 is 32.7 Å². The molecule has 1 aliphatic rings. The molecule has 4 amide bonds. The summed E-state index contributed by atoms with van der Waals surface area (Å²) >= 11 is 1.50. The fourth-order valence-electron chi connectivity index (χ4n) is 8.86. The normalized spacial score (nSPS) is 15.7. The van der Waals surface area contributed by atoms with Crippen LogP contribution in [0.2, 0.25) is 0 Å². The third-order valence-corrected chi connectivity index (χ3v) is 15.3. The molecule has 1 aliphatic heterocycles. The van der Waals surface area contributed by atoms with Crippen LogP contribution in [0.4, 0.5) is 22.6 Å². The van der Waals surface area contributed by atoms with Crippen LogP contribution in [-0.2, 0) is 31.0 Å². The molecule has 0 radical (unpaired) electrons. The number of likely N-dealkylation sites (tertiary alicyclic amines) is 1. The van der Waals surface area contributed by atoms with Crippen LogP contribution in [0.5, 0.6) is 0 Å². The Morgan fingerprint density at radius 3 is 2.32 bits per heavy atom. The van der Waals surface area contributed by atoms with E-state index in [0.717, 1.165) is 27.0 Å². The first-order valence-corrected chi connectivity index (χ1v) is 27.7. The monoisotopic (exact) mass is 1070 g/mol. The number of terminal acetylenes is 1.